The monoisotopic (exact) mass is 564 g/mol. The Kier molecular flexibility index (Phi) is 9.32. The fraction of sp³-hybridized carbons (Fsp3) is 0.240. The van der Waals surface area contributed by atoms with Crippen molar-refractivity contribution in [2.24, 2.45) is 5.92 Å². The van der Waals surface area contributed by atoms with Gasteiger partial charge in [-0.1, -0.05) is 6.07 Å². The Morgan fingerprint density at radius 3 is 2.50 bits per heavy atom. The number of carboxylic acids is 2. The van der Waals surface area contributed by atoms with Gasteiger partial charge in [0.15, 0.2) is 6.61 Å². The van der Waals surface area contributed by atoms with Crippen LogP contribution in [0.1, 0.15) is 5.56 Å². The zero-order valence-corrected chi connectivity index (χ0v) is 20.8. The van der Waals surface area contributed by atoms with E-state index in [1.807, 2.05) is 12.1 Å². The van der Waals surface area contributed by atoms with Gasteiger partial charge >= 0.3 is 18.1 Å². The maximum Gasteiger partial charge on any atom is 0.490 e. The van der Waals surface area contributed by atoms with Crippen molar-refractivity contribution in [3.05, 3.63) is 54.2 Å². The van der Waals surface area contributed by atoms with Gasteiger partial charge in [-0.05, 0) is 48.4 Å². The lowest BCUT2D eigenvalue weighted by Crippen LogP contribution is -2.32. The van der Waals surface area contributed by atoms with Crippen LogP contribution in [0.15, 0.2) is 48.7 Å². The highest BCUT2D eigenvalue weighted by atomic mass is 19.4. The van der Waals surface area contributed by atoms with Crippen molar-refractivity contribution in [3.63, 3.8) is 0 Å². The van der Waals surface area contributed by atoms with Gasteiger partial charge in [-0.15, -0.1) is 0 Å². The van der Waals surface area contributed by atoms with Gasteiger partial charge in [0, 0.05) is 11.8 Å². The molecule has 0 radical (unpaired) electrons. The molecule has 3 aromatic rings. The number of aromatic nitrogens is 2. The van der Waals surface area contributed by atoms with E-state index in [2.05, 4.69) is 15.3 Å². The molecule has 1 aliphatic rings. The van der Waals surface area contributed by atoms with Gasteiger partial charge in [-0.25, -0.2) is 19.6 Å². The second-order valence-corrected chi connectivity index (χ2v) is 8.17. The van der Waals surface area contributed by atoms with Gasteiger partial charge in [0.1, 0.15) is 23.9 Å². The third kappa shape index (κ3) is 7.96. The highest BCUT2D eigenvalue weighted by molar-refractivity contribution is 5.95. The number of nitrogens with two attached hydrogens (primary N) is 1. The zero-order valence-electron chi connectivity index (χ0n) is 20.8. The Hall–Kier alpha value is -5.08. The van der Waals surface area contributed by atoms with E-state index in [1.165, 1.54) is 6.20 Å². The number of anilines is 2. The molecule has 0 fully saturated rings. The summed E-state index contributed by atoms with van der Waals surface area (Å²) >= 11 is 0. The first-order chi connectivity index (χ1) is 18.9. The number of nitrogen functional groups attached to an aromatic ring is 1. The van der Waals surface area contributed by atoms with Gasteiger partial charge in [-0.2, -0.15) is 13.2 Å². The molecule has 0 saturated carbocycles. The summed E-state index contributed by atoms with van der Waals surface area (Å²) in [6.07, 6.45) is -3.09. The molecule has 0 aliphatic carbocycles. The van der Waals surface area contributed by atoms with Crippen LogP contribution < -0.4 is 25.3 Å². The van der Waals surface area contributed by atoms with Crippen LogP contribution in [0.2, 0.25) is 0 Å². The lowest BCUT2D eigenvalue weighted by Gasteiger charge is -2.25. The Morgan fingerprint density at radius 1 is 1.15 bits per heavy atom. The molecule has 212 valence electrons. The third-order valence-corrected chi connectivity index (χ3v) is 5.35. The van der Waals surface area contributed by atoms with E-state index in [0.717, 1.165) is 11.3 Å². The average Bonchev–Trinajstić information content (AvgIpc) is 2.91. The van der Waals surface area contributed by atoms with Crippen molar-refractivity contribution in [2.45, 2.75) is 12.6 Å². The number of methoxy groups -OCH3 is 1. The molecule has 1 aromatic heterocycles. The summed E-state index contributed by atoms with van der Waals surface area (Å²) in [7, 11) is 1.58. The fourth-order valence-corrected chi connectivity index (χ4v) is 3.48. The molecule has 0 bridgehead atoms. The minimum atomic E-state index is -5.08. The van der Waals surface area contributed by atoms with Crippen LogP contribution in [0.25, 0.3) is 11.3 Å². The molecule has 40 heavy (non-hydrogen) atoms. The number of hydrogen-bond acceptors (Lipinski definition) is 9. The number of carbonyl (C=O) groups excluding carboxylic acids is 1. The van der Waals surface area contributed by atoms with E-state index in [9.17, 15) is 22.8 Å². The number of aliphatic carboxylic acids is 2. The number of nitrogens with zero attached hydrogens (tertiary/aromatic N) is 2. The smallest absolute Gasteiger partial charge is 0.490 e. The first-order valence-electron chi connectivity index (χ1n) is 11.4. The average molecular weight is 564 g/mol. The maximum absolute atomic E-state index is 13.0. The Labute approximate surface area is 224 Å². The van der Waals surface area contributed by atoms with Crippen LogP contribution in [-0.4, -0.2) is 64.5 Å². The molecule has 2 aromatic carbocycles. The van der Waals surface area contributed by atoms with E-state index in [1.54, 1.807) is 37.4 Å². The van der Waals surface area contributed by atoms with E-state index < -0.39 is 30.6 Å². The number of halogens is 3. The molecule has 0 spiro atoms. The molecule has 1 amide bonds. The number of ether oxygens (including phenoxy) is 3. The third-order valence-electron chi connectivity index (χ3n) is 5.35. The Balaban J connectivity index is 0.000000559. The van der Waals surface area contributed by atoms with Crippen molar-refractivity contribution in [1.82, 2.24) is 9.97 Å². The lowest BCUT2D eigenvalue weighted by molar-refractivity contribution is -0.192. The van der Waals surface area contributed by atoms with Crippen LogP contribution in [0.5, 0.6) is 17.2 Å². The van der Waals surface area contributed by atoms with Crippen LogP contribution >= 0.6 is 0 Å². The number of carboxylic acid groups (broad SMARTS) is 2. The van der Waals surface area contributed by atoms with E-state index in [0.29, 0.717) is 29.1 Å². The van der Waals surface area contributed by atoms with E-state index >= 15 is 0 Å². The Bertz CT molecular complexity index is 1400. The summed E-state index contributed by atoms with van der Waals surface area (Å²) < 4.78 is 48.2. The molecule has 1 atom stereocenters. The number of amides is 1. The summed E-state index contributed by atoms with van der Waals surface area (Å²) in [5.74, 6) is -2.92. The number of carbonyl (C=O) groups is 3. The van der Waals surface area contributed by atoms with Gasteiger partial charge in [0.25, 0.3) is 0 Å². The molecule has 1 unspecified atom stereocenters. The van der Waals surface area contributed by atoms with Crippen LogP contribution in [0.3, 0.4) is 0 Å². The normalized spacial score (nSPS) is 13.9. The van der Waals surface area contributed by atoms with Crippen molar-refractivity contribution < 1.29 is 52.0 Å². The topological polar surface area (TPSA) is 183 Å². The molecule has 0 saturated heterocycles. The van der Waals surface area contributed by atoms with Gasteiger partial charge in [0.05, 0.1) is 24.4 Å². The standard InChI is InChI=1S/C23H22N4O6.C2HF3O2/c1-31-16-3-5-19-14(9-16)8-15(11-32-19)22(30)26-18-4-2-13(10-20(18)33-12-21(28)29)17-6-7-25-23(24)27-17;3-2(4,5)1(6)7/h2-7,9-10,15H,8,11-12H2,1H3,(H,26,30)(H,28,29)(H2,24,25,27);(H,6,7). The quantitative estimate of drug-likeness (QED) is 0.331. The second kappa shape index (κ2) is 12.6. The predicted molar refractivity (Wildman–Crippen MR) is 133 cm³/mol. The molecule has 5 N–H and O–H groups in total. The number of nitrogens with one attached hydrogen (secondary N) is 1. The Morgan fingerprint density at radius 2 is 1.88 bits per heavy atom. The first kappa shape index (κ1) is 29.5. The van der Waals surface area contributed by atoms with E-state index in [4.69, 9.17) is 35.0 Å². The molecule has 12 nitrogen and oxygen atoms in total. The number of rotatable bonds is 7. The molecular weight excluding hydrogens is 541 g/mol. The van der Waals surface area contributed by atoms with Gasteiger partial charge in [0.2, 0.25) is 11.9 Å². The predicted octanol–water partition coefficient (Wildman–Crippen LogP) is 3.02. The summed E-state index contributed by atoms with van der Waals surface area (Å²) in [4.78, 5) is 41.0. The molecule has 4 rings (SSSR count). The van der Waals surface area contributed by atoms with Crippen molar-refractivity contribution in [3.8, 4) is 28.5 Å². The lowest BCUT2D eigenvalue weighted by atomic mass is 9.95. The highest BCUT2D eigenvalue weighted by Crippen LogP contribution is 2.33. The number of alkyl halides is 3. The largest absolute Gasteiger partial charge is 0.497 e. The summed E-state index contributed by atoms with van der Waals surface area (Å²) in [6.45, 7) is -0.354. The summed E-state index contributed by atoms with van der Waals surface area (Å²) in [5.41, 5.74) is 8.03. The van der Waals surface area contributed by atoms with Crippen LogP contribution in [0.4, 0.5) is 24.8 Å². The molecule has 15 heteroatoms. The SMILES string of the molecule is COc1ccc2c(c1)CC(C(=O)Nc1ccc(-c3ccnc(N)n3)cc1OCC(=O)O)CO2.O=C(O)C(F)(F)F. The van der Waals surface area contributed by atoms with E-state index in [-0.39, 0.29) is 24.2 Å². The van der Waals surface area contributed by atoms with Crippen LogP contribution in [-0.2, 0) is 20.8 Å². The van der Waals surface area contributed by atoms with Crippen molar-refractivity contribution in [2.75, 3.05) is 31.4 Å². The maximum atomic E-state index is 13.0. The first-order valence-corrected chi connectivity index (χ1v) is 11.4. The molecule has 1 aliphatic heterocycles. The number of fused-ring (bicyclic) bond motifs is 1. The minimum absolute atomic E-state index is 0.104. The molecular formula is C25H23F3N4O8. The van der Waals surface area contributed by atoms with Gasteiger partial charge in [-0.3, -0.25) is 4.79 Å². The zero-order chi connectivity index (χ0) is 29.4. The highest BCUT2D eigenvalue weighted by Gasteiger charge is 2.38. The number of benzene rings is 2. The van der Waals surface area contributed by atoms with Crippen molar-refractivity contribution in [1.29, 1.82) is 0 Å². The number of hydrogen-bond donors (Lipinski definition) is 4. The fourth-order valence-electron chi connectivity index (χ4n) is 3.48. The summed E-state index contributed by atoms with van der Waals surface area (Å²) in [5, 5.41) is 19.0. The van der Waals surface area contributed by atoms with Crippen LogP contribution in [0, 0.1) is 5.92 Å². The van der Waals surface area contributed by atoms with Gasteiger partial charge < -0.3 is 35.5 Å². The second-order valence-electron chi connectivity index (χ2n) is 8.17. The summed E-state index contributed by atoms with van der Waals surface area (Å²) in [6, 6.07) is 12.1. The van der Waals surface area contributed by atoms with Crippen molar-refractivity contribution >= 4 is 29.5 Å². The molecule has 2 heterocycles. The minimum Gasteiger partial charge on any atom is -0.497 e.